The molecule has 0 spiro atoms. The lowest BCUT2D eigenvalue weighted by Gasteiger charge is -2.19. The lowest BCUT2D eigenvalue weighted by Crippen LogP contribution is -2.20. The standard InChI is InChI=1S/C20H18Cl2N2O3S/c1-28(26,27)15-4-2-3-12(9-15)14-6-8-18(24-11-14)20(25)19(23)13-5-7-16(21)17(22)10-13/h2-11,19-20,25H,23H2,1H3/t19-,20+/m0/s1. The molecule has 3 aromatic rings. The van der Waals surface area contributed by atoms with E-state index in [0.717, 1.165) is 11.8 Å². The van der Waals surface area contributed by atoms with Gasteiger partial charge in [-0.15, -0.1) is 0 Å². The van der Waals surface area contributed by atoms with E-state index in [4.69, 9.17) is 28.9 Å². The van der Waals surface area contributed by atoms with Crippen LogP contribution in [0, 0.1) is 0 Å². The molecule has 28 heavy (non-hydrogen) atoms. The summed E-state index contributed by atoms with van der Waals surface area (Å²) in [7, 11) is -3.30. The summed E-state index contributed by atoms with van der Waals surface area (Å²) < 4.78 is 23.5. The van der Waals surface area contributed by atoms with Gasteiger partial charge >= 0.3 is 0 Å². The van der Waals surface area contributed by atoms with E-state index in [1.165, 1.54) is 0 Å². The SMILES string of the molecule is CS(=O)(=O)c1cccc(-c2ccc([C@@H](O)[C@@H](N)c3ccc(Cl)c(Cl)c3)nc2)c1. The van der Waals surface area contributed by atoms with Gasteiger partial charge in [0.1, 0.15) is 6.10 Å². The van der Waals surface area contributed by atoms with Gasteiger partial charge in [0, 0.05) is 18.0 Å². The van der Waals surface area contributed by atoms with Crippen molar-refractivity contribution in [3.63, 3.8) is 0 Å². The molecule has 5 nitrogen and oxygen atoms in total. The summed E-state index contributed by atoms with van der Waals surface area (Å²) in [6, 6.07) is 14.2. The smallest absolute Gasteiger partial charge is 0.175 e. The van der Waals surface area contributed by atoms with Gasteiger partial charge in [-0.2, -0.15) is 0 Å². The van der Waals surface area contributed by atoms with Crippen molar-refractivity contribution in [1.29, 1.82) is 0 Å². The van der Waals surface area contributed by atoms with Gasteiger partial charge in [-0.1, -0.05) is 47.5 Å². The maximum atomic E-state index is 11.7. The van der Waals surface area contributed by atoms with Gasteiger partial charge in [-0.25, -0.2) is 8.42 Å². The lowest BCUT2D eigenvalue weighted by atomic mass is 9.99. The molecular formula is C20H18Cl2N2O3S. The van der Waals surface area contributed by atoms with Gasteiger partial charge in [0.15, 0.2) is 9.84 Å². The number of aromatic nitrogens is 1. The second-order valence-corrected chi connectivity index (χ2v) is 9.25. The highest BCUT2D eigenvalue weighted by molar-refractivity contribution is 7.90. The number of aliphatic hydroxyl groups excluding tert-OH is 1. The van der Waals surface area contributed by atoms with Crippen LogP contribution in [-0.2, 0) is 9.84 Å². The first-order valence-corrected chi connectivity index (χ1v) is 11.0. The first kappa shape index (κ1) is 20.8. The minimum atomic E-state index is -3.30. The van der Waals surface area contributed by atoms with Crippen molar-refractivity contribution < 1.29 is 13.5 Å². The summed E-state index contributed by atoms with van der Waals surface area (Å²) in [6.45, 7) is 0. The fraction of sp³-hybridized carbons (Fsp3) is 0.150. The Kier molecular flexibility index (Phi) is 6.07. The van der Waals surface area contributed by atoms with E-state index in [1.807, 2.05) is 0 Å². The van der Waals surface area contributed by atoms with E-state index in [-0.39, 0.29) is 4.90 Å². The van der Waals surface area contributed by atoms with E-state index in [2.05, 4.69) is 4.98 Å². The molecule has 1 aromatic heterocycles. The van der Waals surface area contributed by atoms with Gasteiger partial charge in [0.2, 0.25) is 0 Å². The number of sulfone groups is 1. The Morgan fingerprint density at radius 2 is 1.75 bits per heavy atom. The Bertz CT molecular complexity index is 1100. The Labute approximate surface area is 173 Å². The van der Waals surface area contributed by atoms with Crippen molar-refractivity contribution in [2.45, 2.75) is 17.0 Å². The molecule has 3 rings (SSSR count). The highest BCUT2D eigenvalue weighted by Gasteiger charge is 2.21. The molecule has 0 aliphatic carbocycles. The molecule has 0 saturated carbocycles. The zero-order chi connectivity index (χ0) is 20.5. The van der Waals surface area contributed by atoms with Crippen LogP contribution in [0.2, 0.25) is 10.0 Å². The molecule has 1 heterocycles. The molecule has 0 aliphatic heterocycles. The van der Waals surface area contributed by atoms with Gasteiger partial charge in [0.05, 0.1) is 26.7 Å². The number of aliphatic hydroxyl groups is 1. The summed E-state index contributed by atoms with van der Waals surface area (Å²) in [5, 5.41) is 11.3. The van der Waals surface area contributed by atoms with E-state index < -0.39 is 22.0 Å². The summed E-state index contributed by atoms with van der Waals surface area (Å²) in [4.78, 5) is 4.53. The van der Waals surface area contributed by atoms with E-state index in [0.29, 0.717) is 26.9 Å². The number of nitrogens with zero attached hydrogens (tertiary/aromatic N) is 1. The second kappa shape index (κ2) is 8.19. The van der Waals surface area contributed by atoms with Crippen molar-refractivity contribution in [3.05, 3.63) is 82.1 Å². The monoisotopic (exact) mass is 436 g/mol. The zero-order valence-electron chi connectivity index (χ0n) is 14.9. The summed E-state index contributed by atoms with van der Waals surface area (Å²) in [5.74, 6) is 0. The minimum absolute atomic E-state index is 0.232. The third kappa shape index (κ3) is 4.54. The first-order chi connectivity index (χ1) is 13.2. The Morgan fingerprint density at radius 1 is 1.00 bits per heavy atom. The number of hydrogen-bond donors (Lipinski definition) is 2. The third-order valence-electron chi connectivity index (χ3n) is 4.35. The molecule has 0 unspecified atom stereocenters. The van der Waals surface area contributed by atoms with Crippen molar-refractivity contribution in [3.8, 4) is 11.1 Å². The fourth-order valence-corrected chi connectivity index (χ4v) is 3.72. The lowest BCUT2D eigenvalue weighted by molar-refractivity contribution is 0.142. The molecule has 8 heteroatoms. The van der Waals surface area contributed by atoms with Gasteiger partial charge in [0.25, 0.3) is 0 Å². The molecule has 0 aliphatic rings. The van der Waals surface area contributed by atoms with Crippen molar-refractivity contribution in [1.82, 2.24) is 4.98 Å². The summed E-state index contributed by atoms with van der Waals surface area (Å²) >= 11 is 11.9. The Morgan fingerprint density at radius 3 is 2.36 bits per heavy atom. The van der Waals surface area contributed by atoms with Gasteiger partial charge in [-0.3, -0.25) is 4.98 Å². The van der Waals surface area contributed by atoms with Crippen molar-refractivity contribution in [2.75, 3.05) is 6.26 Å². The molecule has 2 aromatic carbocycles. The van der Waals surface area contributed by atoms with Crippen LogP contribution in [0.15, 0.2) is 65.7 Å². The van der Waals surface area contributed by atoms with Crippen LogP contribution in [0.3, 0.4) is 0 Å². The number of nitrogens with two attached hydrogens (primary N) is 1. The topological polar surface area (TPSA) is 93.3 Å². The van der Waals surface area contributed by atoms with E-state index >= 15 is 0 Å². The van der Waals surface area contributed by atoms with Gasteiger partial charge in [-0.05, 0) is 41.5 Å². The Hall–Kier alpha value is -1.96. The third-order valence-corrected chi connectivity index (χ3v) is 6.20. The quantitative estimate of drug-likeness (QED) is 0.624. The van der Waals surface area contributed by atoms with Crippen LogP contribution in [0.4, 0.5) is 0 Å². The van der Waals surface area contributed by atoms with Crippen LogP contribution >= 0.6 is 23.2 Å². The second-order valence-electron chi connectivity index (χ2n) is 6.42. The number of pyridine rings is 1. The normalized spacial score (nSPS) is 13.9. The molecule has 3 N–H and O–H groups in total. The number of benzene rings is 2. The predicted molar refractivity (Wildman–Crippen MR) is 111 cm³/mol. The van der Waals surface area contributed by atoms with Crippen LogP contribution in [0.5, 0.6) is 0 Å². The van der Waals surface area contributed by atoms with E-state index in [1.54, 1.807) is 60.8 Å². The van der Waals surface area contributed by atoms with Crippen molar-refractivity contribution >= 4 is 33.0 Å². The fourth-order valence-electron chi connectivity index (χ4n) is 2.74. The van der Waals surface area contributed by atoms with Crippen LogP contribution in [0.1, 0.15) is 23.4 Å². The van der Waals surface area contributed by atoms with Gasteiger partial charge < -0.3 is 10.8 Å². The molecule has 146 valence electrons. The number of hydrogen-bond acceptors (Lipinski definition) is 5. The molecule has 0 fully saturated rings. The summed E-state index contributed by atoms with van der Waals surface area (Å²) in [6.07, 6.45) is 1.68. The molecule has 0 amide bonds. The number of rotatable bonds is 5. The highest BCUT2D eigenvalue weighted by Crippen LogP contribution is 2.31. The van der Waals surface area contributed by atoms with Crippen molar-refractivity contribution in [2.24, 2.45) is 5.73 Å². The molecular weight excluding hydrogens is 419 g/mol. The largest absolute Gasteiger partial charge is 0.385 e. The zero-order valence-corrected chi connectivity index (χ0v) is 17.2. The van der Waals surface area contributed by atoms with Crippen LogP contribution in [-0.4, -0.2) is 24.8 Å². The molecule has 0 saturated heterocycles. The Balaban J connectivity index is 1.85. The molecule has 2 atom stereocenters. The number of halogens is 2. The first-order valence-electron chi connectivity index (χ1n) is 8.32. The highest BCUT2D eigenvalue weighted by atomic mass is 35.5. The maximum Gasteiger partial charge on any atom is 0.175 e. The summed E-state index contributed by atoms with van der Waals surface area (Å²) in [5.41, 5.74) is 8.61. The van der Waals surface area contributed by atoms with E-state index in [9.17, 15) is 13.5 Å². The maximum absolute atomic E-state index is 11.7. The average molecular weight is 437 g/mol. The molecule has 0 radical (unpaired) electrons. The van der Waals surface area contributed by atoms with Crippen LogP contribution in [0.25, 0.3) is 11.1 Å². The predicted octanol–water partition coefficient (Wildman–Crippen LogP) is 4.19. The average Bonchev–Trinajstić information content (AvgIpc) is 2.68. The molecule has 0 bridgehead atoms. The van der Waals surface area contributed by atoms with Crippen LogP contribution < -0.4 is 5.73 Å². The minimum Gasteiger partial charge on any atom is -0.385 e.